The molecular formula is C24H24ClN3O2S. The SMILES string of the molecule is CCNC(=O)c1ccc(CN(Sc2ccc(Cl)cc2)[C@@H](C(N)=O)c2ccccc2)cc1. The largest absolute Gasteiger partial charge is 0.368 e. The van der Waals surface area contributed by atoms with Crippen LogP contribution in [0, 0.1) is 0 Å². The number of amides is 2. The minimum absolute atomic E-state index is 0.110. The van der Waals surface area contributed by atoms with Crippen molar-refractivity contribution in [2.24, 2.45) is 5.73 Å². The minimum atomic E-state index is -0.634. The molecule has 3 rings (SSSR count). The number of hydrogen-bond donors (Lipinski definition) is 2. The first-order valence-electron chi connectivity index (χ1n) is 9.89. The van der Waals surface area contributed by atoms with E-state index < -0.39 is 11.9 Å². The molecule has 5 nitrogen and oxygen atoms in total. The predicted octanol–water partition coefficient (Wildman–Crippen LogP) is 4.83. The van der Waals surface area contributed by atoms with Crippen molar-refractivity contribution in [3.63, 3.8) is 0 Å². The summed E-state index contributed by atoms with van der Waals surface area (Å²) in [7, 11) is 0. The second-order valence-electron chi connectivity index (χ2n) is 6.89. The summed E-state index contributed by atoms with van der Waals surface area (Å²) in [6.45, 7) is 2.90. The lowest BCUT2D eigenvalue weighted by atomic mass is 10.1. The predicted molar refractivity (Wildman–Crippen MR) is 126 cm³/mol. The van der Waals surface area contributed by atoms with Crippen LogP contribution in [0.25, 0.3) is 0 Å². The van der Waals surface area contributed by atoms with Crippen LogP contribution >= 0.6 is 23.5 Å². The Bertz CT molecular complexity index is 1010. The van der Waals surface area contributed by atoms with Crippen LogP contribution in [-0.2, 0) is 11.3 Å². The van der Waals surface area contributed by atoms with E-state index in [9.17, 15) is 9.59 Å². The molecule has 0 saturated carbocycles. The van der Waals surface area contributed by atoms with E-state index in [4.69, 9.17) is 17.3 Å². The number of primary amides is 1. The van der Waals surface area contributed by atoms with E-state index in [-0.39, 0.29) is 5.91 Å². The zero-order valence-electron chi connectivity index (χ0n) is 17.1. The molecule has 0 fully saturated rings. The number of nitrogens with one attached hydrogen (secondary N) is 1. The maximum Gasteiger partial charge on any atom is 0.251 e. The van der Waals surface area contributed by atoms with Crippen LogP contribution < -0.4 is 11.1 Å². The van der Waals surface area contributed by atoms with Gasteiger partial charge in [0.05, 0.1) is 0 Å². The summed E-state index contributed by atoms with van der Waals surface area (Å²) in [4.78, 5) is 25.5. The summed E-state index contributed by atoms with van der Waals surface area (Å²) in [5.41, 5.74) is 8.20. The average molecular weight is 454 g/mol. The molecule has 1 atom stereocenters. The molecule has 160 valence electrons. The number of carbonyl (C=O) groups is 2. The van der Waals surface area contributed by atoms with Gasteiger partial charge >= 0.3 is 0 Å². The number of carbonyl (C=O) groups excluding carboxylic acids is 2. The van der Waals surface area contributed by atoms with Gasteiger partial charge < -0.3 is 11.1 Å². The summed E-state index contributed by atoms with van der Waals surface area (Å²) < 4.78 is 1.95. The lowest BCUT2D eigenvalue weighted by Crippen LogP contribution is -2.33. The number of hydrogen-bond acceptors (Lipinski definition) is 4. The third-order valence-electron chi connectivity index (χ3n) is 4.60. The van der Waals surface area contributed by atoms with Crippen LogP contribution in [0.4, 0.5) is 0 Å². The van der Waals surface area contributed by atoms with E-state index in [1.54, 1.807) is 12.1 Å². The number of nitrogens with zero attached hydrogens (tertiary/aromatic N) is 1. The van der Waals surface area contributed by atoms with E-state index in [0.29, 0.717) is 23.7 Å². The Balaban J connectivity index is 1.90. The van der Waals surface area contributed by atoms with E-state index in [2.05, 4.69) is 5.32 Å². The van der Waals surface area contributed by atoms with Crippen molar-refractivity contribution in [2.75, 3.05) is 6.54 Å². The summed E-state index contributed by atoms with van der Waals surface area (Å²) in [6.07, 6.45) is 0. The summed E-state index contributed by atoms with van der Waals surface area (Å²) in [6, 6.07) is 23.6. The fourth-order valence-corrected chi connectivity index (χ4v) is 4.32. The van der Waals surface area contributed by atoms with E-state index in [1.807, 2.05) is 78.0 Å². The molecule has 0 heterocycles. The van der Waals surface area contributed by atoms with Crippen molar-refractivity contribution < 1.29 is 9.59 Å². The molecule has 0 aliphatic carbocycles. The molecule has 0 unspecified atom stereocenters. The Hall–Kier alpha value is -2.80. The zero-order valence-corrected chi connectivity index (χ0v) is 18.7. The lowest BCUT2D eigenvalue weighted by Gasteiger charge is -2.29. The molecule has 31 heavy (non-hydrogen) atoms. The molecule has 0 spiro atoms. The fourth-order valence-electron chi connectivity index (χ4n) is 3.12. The molecule has 0 bridgehead atoms. The van der Waals surface area contributed by atoms with Gasteiger partial charge in [-0.2, -0.15) is 0 Å². The normalized spacial score (nSPS) is 11.8. The Morgan fingerprint density at radius 1 is 1.00 bits per heavy atom. The van der Waals surface area contributed by atoms with Crippen molar-refractivity contribution in [1.82, 2.24) is 9.62 Å². The highest BCUT2D eigenvalue weighted by atomic mass is 35.5. The quantitative estimate of drug-likeness (QED) is 0.455. The Kier molecular flexibility index (Phi) is 8.12. The van der Waals surface area contributed by atoms with E-state index in [0.717, 1.165) is 16.0 Å². The van der Waals surface area contributed by atoms with Crippen LogP contribution in [0.1, 0.15) is 34.5 Å². The van der Waals surface area contributed by atoms with Crippen LogP contribution in [0.5, 0.6) is 0 Å². The van der Waals surface area contributed by atoms with Gasteiger partial charge in [-0.15, -0.1) is 0 Å². The summed E-state index contributed by atoms with van der Waals surface area (Å²) in [5, 5.41) is 3.43. The minimum Gasteiger partial charge on any atom is -0.368 e. The molecule has 3 N–H and O–H groups in total. The third kappa shape index (κ3) is 6.34. The average Bonchev–Trinajstić information content (AvgIpc) is 2.76. The number of rotatable bonds is 9. The fraction of sp³-hybridized carbons (Fsp3) is 0.167. The number of halogens is 1. The van der Waals surface area contributed by atoms with E-state index >= 15 is 0 Å². The van der Waals surface area contributed by atoms with Gasteiger partial charge in [-0.1, -0.05) is 54.1 Å². The molecule has 3 aromatic rings. The van der Waals surface area contributed by atoms with Gasteiger partial charge in [-0.05, 0) is 66.4 Å². The molecule has 7 heteroatoms. The van der Waals surface area contributed by atoms with E-state index in [1.165, 1.54) is 11.9 Å². The lowest BCUT2D eigenvalue weighted by molar-refractivity contribution is -0.121. The second kappa shape index (κ2) is 11.0. The maximum atomic E-state index is 12.5. The molecule has 0 radical (unpaired) electrons. The highest BCUT2D eigenvalue weighted by molar-refractivity contribution is 7.97. The smallest absolute Gasteiger partial charge is 0.251 e. The molecule has 2 amide bonds. The van der Waals surface area contributed by atoms with Gasteiger partial charge in [0.1, 0.15) is 6.04 Å². The van der Waals surface area contributed by atoms with Gasteiger partial charge in [-0.3, -0.25) is 9.59 Å². The first kappa shape index (κ1) is 22.9. The molecule has 0 aliphatic rings. The highest BCUT2D eigenvalue weighted by Gasteiger charge is 2.27. The van der Waals surface area contributed by atoms with Gasteiger partial charge in [-0.25, -0.2) is 4.31 Å². The summed E-state index contributed by atoms with van der Waals surface area (Å²) in [5.74, 6) is -0.549. The van der Waals surface area contributed by atoms with Gasteiger partial charge in [0, 0.05) is 28.6 Å². The van der Waals surface area contributed by atoms with Crippen LogP contribution in [-0.4, -0.2) is 22.7 Å². The van der Waals surface area contributed by atoms with Gasteiger partial charge in [0.2, 0.25) is 5.91 Å². The Morgan fingerprint density at radius 3 is 2.23 bits per heavy atom. The monoisotopic (exact) mass is 453 g/mol. The first-order chi connectivity index (χ1) is 15.0. The number of nitrogens with two attached hydrogens (primary N) is 1. The third-order valence-corrected chi connectivity index (χ3v) is 5.91. The highest BCUT2D eigenvalue weighted by Crippen LogP contribution is 2.34. The number of benzene rings is 3. The van der Waals surface area contributed by atoms with Crippen LogP contribution in [0.15, 0.2) is 83.8 Å². The first-order valence-corrected chi connectivity index (χ1v) is 11.0. The topological polar surface area (TPSA) is 75.4 Å². The maximum absolute atomic E-state index is 12.5. The van der Waals surface area contributed by atoms with Crippen molar-refractivity contribution in [1.29, 1.82) is 0 Å². The second-order valence-corrected chi connectivity index (χ2v) is 8.45. The van der Waals surface area contributed by atoms with Gasteiger partial charge in [0.15, 0.2) is 0 Å². The standard InChI is InChI=1S/C24H24ClN3O2S/c1-2-27-24(30)19-10-8-17(9-11-19)16-28(31-21-14-12-20(25)13-15-21)22(23(26)29)18-6-4-3-5-7-18/h3-15,22H,2,16H2,1H3,(H2,26,29)(H,27,30)/t22-/m1/s1. The van der Waals surface area contributed by atoms with Crippen molar-refractivity contribution in [2.45, 2.75) is 24.4 Å². The van der Waals surface area contributed by atoms with Crippen molar-refractivity contribution >= 4 is 35.4 Å². The van der Waals surface area contributed by atoms with Gasteiger partial charge in [0.25, 0.3) is 5.91 Å². The summed E-state index contributed by atoms with van der Waals surface area (Å²) >= 11 is 7.46. The molecule has 0 aliphatic heterocycles. The van der Waals surface area contributed by atoms with Crippen LogP contribution in [0.3, 0.4) is 0 Å². The molecule has 3 aromatic carbocycles. The molecule has 0 aromatic heterocycles. The molecule has 0 saturated heterocycles. The molecular weight excluding hydrogens is 430 g/mol. The Morgan fingerprint density at radius 2 is 1.65 bits per heavy atom. The van der Waals surface area contributed by atoms with Crippen molar-refractivity contribution in [3.05, 3.63) is 101 Å². The van der Waals surface area contributed by atoms with Crippen molar-refractivity contribution in [3.8, 4) is 0 Å². The van der Waals surface area contributed by atoms with Crippen LogP contribution in [0.2, 0.25) is 5.02 Å². The zero-order chi connectivity index (χ0) is 22.2. The Labute approximate surface area is 191 Å².